The summed E-state index contributed by atoms with van der Waals surface area (Å²) in [6, 6.07) is 1.74. The molecule has 0 radical (unpaired) electrons. The predicted octanol–water partition coefficient (Wildman–Crippen LogP) is 1.93. The second-order valence-corrected chi connectivity index (χ2v) is 6.02. The van der Waals surface area contributed by atoms with Crippen LogP contribution in [0.25, 0.3) is 5.95 Å². The van der Waals surface area contributed by atoms with E-state index in [0.29, 0.717) is 11.6 Å². The van der Waals surface area contributed by atoms with Crippen LogP contribution in [0.3, 0.4) is 0 Å². The van der Waals surface area contributed by atoms with Crippen LogP contribution in [0.1, 0.15) is 32.6 Å². The highest BCUT2D eigenvalue weighted by molar-refractivity contribution is 5.93. The summed E-state index contributed by atoms with van der Waals surface area (Å²) in [5.41, 5.74) is 6.45. The molecule has 2 unspecified atom stereocenters. The molecule has 0 bridgehead atoms. The zero-order valence-electron chi connectivity index (χ0n) is 13.0. The molecule has 3 N–H and O–H groups in total. The average molecular weight is 337 g/mol. The van der Waals surface area contributed by atoms with Crippen molar-refractivity contribution in [3.05, 3.63) is 30.9 Å². The zero-order chi connectivity index (χ0) is 15.6. The van der Waals surface area contributed by atoms with Crippen LogP contribution in [0, 0.1) is 5.92 Å². The van der Waals surface area contributed by atoms with Gasteiger partial charge in [0.2, 0.25) is 11.9 Å². The molecule has 1 aliphatic rings. The number of carbonyl (C=O) groups is 1. The third kappa shape index (κ3) is 3.86. The van der Waals surface area contributed by atoms with Crippen molar-refractivity contribution >= 4 is 24.0 Å². The van der Waals surface area contributed by atoms with E-state index in [0.717, 1.165) is 25.7 Å². The van der Waals surface area contributed by atoms with Crippen LogP contribution in [0.2, 0.25) is 0 Å². The Kier molecular flexibility index (Phi) is 5.33. The summed E-state index contributed by atoms with van der Waals surface area (Å²) in [5, 5.41) is 7.07. The minimum absolute atomic E-state index is 0. The highest BCUT2D eigenvalue weighted by Crippen LogP contribution is 2.32. The molecular weight excluding hydrogens is 316 g/mol. The Balaban J connectivity index is 0.00000192. The summed E-state index contributed by atoms with van der Waals surface area (Å²) in [4.78, 5) is 20.7. The van der Waals surface area contributed by atoms with Gasteiger partial charge < -0.3 is 11.1 Å². The molecule has 1 amide bonds. The maximum absolute atomic E-state index is 12.5. The molecule has 1 fully saturated rings. The normalized spacial score (nSPS) is 23.8. The Morgan fingerprint density at radius 1 is 1.39 bits per heavy atom. The summed E-state index contributed by atoms with van der Waals surface area (Å²) in [6.07, 6.45) is 10.4. The first-order chi connectivity index (χ1) is 10.6. The number of amides is 1. The van der Waals surface area contributed by atoms with Crippen LogP contribution in [0.4, 0.5) is 5.69 Å². The van der Waals surface area contributed by atoms with Crippen LogP contribution >= 0.6 is 12.4 Å². The summed E-state index contributed by atoms with van der Waals surface area (Å²) in [7, 11) is 0. The maximum atomic E-state index is 12.5. The lowest BCUT2D eigenvalue weighted by atomic mass is 9.74. The first kappa shape index (κ1) is 17.4. The van der Waals surface area contributed by atoms with Crippen LogP contribution in [0.5, 0.6) is 0 Å². The SMILES string of the molecule is CC1(N)CCCCC1C(=O)Nc1cnn(-c2ncccn2)c1.Cl. The number of halogens is 1. The first-order valence-corrected chi connectivity index (χ1v) is 7.48. The molecule has 1 saturated carbocycles. The summed E-state index contributed by atoms with van der Waals surface area (Å²) >= 11 is 0. The number of nitrogens with zero attached hydrogens (tertiary/aromatic N) is 4. The van der Waals surface area contributed by atoms with Gasteiger partial charge in [0.1, 0.15) is 0 Å². The monoisotopic (exact) mass is 336 g/mol. The smallest absolute Gasteiger partial charge is 0.250 e. The second-order valence-electron chi connectivity index (χ2n) is 6.02. The van der Waals surface area contributed by atoms with Crippen LogP contribution < -0.4 is 11.1 Å². The lowest BCUT2D eigenvalue weighted by Gasteiger charge is -2.37. The van der Waals surface area contributed by atoms with Gasteiger partial charge >= 0.3 is 0 Å². The van der Waals surface area contributed by atoms with E-state index in [-0.39, 0.29) is 24.2 Å². The van der Waals surface area contributed by atoms with Gasteiger partial charge in [-0.3, -0.25) is 4.79 Å². The molecule has 23 heavy (non-hydrogen) atoms. The van der Waals surface area contributed by atoms with Gasteiger partial charge in [-0.15, -0.1) is 12.4 Å². The fourth-order valence-corrected chi connectivity index (χ4v) is 2.92. The van der Waals surface area contributed by atoms with Gasteiger partial charge in [-0.05, 0) is 25.8 Å². The molecule has 1 aliphatic carbocycles. The fourth-order valence-electron chi connectivity index (χ4n) is 2.92. The molecule has 0 aliphatic heterocycles. The minimum Gasteiger partial charge on any atom is -0.325 e. The molecule has 0 spiro atoms. The standard InChI is InChI=1S/C15H20N6O.ClH/c1-15(16)6-3-2-5-12(15)13(22)20-11-9-19-21(10-11)14-17-7-4-8-18-14;/h4,7-10,12H,2-3,5-6,16H2,1H3,(H,20,22);1H. The van der Waals surface area contributed by atoms with Crippen LogP contribution in [0.15, 0.2) is 30.9 Å². The molecule has 8 heteroatoms. The lowest BCUT2D eigenvalue weighted by Crippen LogP contribution is -2.51. The van der Waals surface area contributed by atoms with E-state index in [1.807, 2.05) is 6.92 Å². The third-order valence-electron chi connectivity index (χ3n) is 4.18. The van der Waals surface area contributed by atoms with Crippen LogP contribution in [-0.2, 0) is 4.79 Å². The lowest BCUT2D eigenvalue weighted by molar-refractivity contribution is -0.122. The number of hydrogen-bond donors (Lipinski definition) is 2. The van der Waals surface area contributed by atoms with E-state index in [1.165, 1.54) is 4.68 Å². The number of nitrogens with one attached hydrogen (secondary N) is 1. The molecule has 2 heterocycles. The fraction of sp³-hybridized carbons (Fsp3) is 0.467. The number of rotatable bonds is 3. The third-order valence-corrected chi connectivity index (χ3v) is 4.18. The summed E-state index contributed by atoms with van der Waals surface area (Å²) < 4.78 is 1.53. The van der Waals surface area contributed by atoms with Crippen molar-refractivity contribution in [3.63, 3.8) is 0 Å². The van der Waals surface area contributed by atoms with Gasteiger partial charge in [0.25, 0.3) is 0 Å². The Morgan fingerprint density at radius 3 is 2.83 bits per heavy atom. The predicted molar refractivity (Wildman–Crippen MR) is 89.6 cm³/mol. The van der Waals surface area contributed by atoms with Crippen molar-refractivity contribution in [3.8, 4) is 5.95 Å². The average Bonchev–Trinajstić information content (AvgIpc) is 2.96. The molecule has 3 rings (SSSR count). The minimum atomic E-state index is -0.444. The van der Waals surface area contributed by atoms with Crippen LogP contribution in [-0.4, -0.2) is 31.2 Å². The van der Waals surface area contributed by atoms with Gasteiger partial charge in [0.15, 0.2) is 0 Å². The number of carbonyl (C=O) groups excluding carboxylic acids is 1. The van der Waals surface area contributed by atoms with E-state index < -0.39 is 5.54 Å². The number of hydrogen-bond acceptors (Lipinski definition) is 5. The van der Waals surface area contributed by atoms with Crippen molar-refractivity contribution < 1.29 is 4.79 Å². The molecule has 2 atom stereocenters. The molecule has 2 aromatic rings. The zero-order valence-corrected chi connectivity index (χ0v) is 13.8. The van der Waals surface area contributed by atoms with Gasteiger partial charge in [-0.25, -0.2) is 14.6 Å². The molecule has 124 valence electrons. The highest BCUT2D eigenvalue weighted by Gasteiger charge is 2.37. The second kappa shape index (κ2) is 7.06. The Bertz CT molecular complexity index is 657. The van der Waals surface area contributed by atoms with E-state index in [9.17, 15) is 4.79 Å². The first-order valence-electron chi connectivity index (χ1n) is 7.48. The summed E-state index contributed by atoms with van der Waals surface area (Å²) in [6.45, 7) is 1.96. The topological polar surface area (TPSA) is 98.7 Å². The Labute approximate surface area is 141 Å². The number of anilines is 1. The van der Waals surface area contributed by atoms with Crippen molar-refractivity contribution in [1.82, 2.24) is 19.7 Å². The van der Waals surface area contributed by atoms with Gasteiger partial charge in [0, 0.05) is 17.9 Å². The molecule has 2 aromatic heterocycles. The molecule has 7 nitrogen and oxygen atoms in total. The van der Waals surface area contributed by atoms with Crippen molar-refractivity contribution in [2.24, 2.45) is 11.7 Å². The maximum Gasteiger partial charge on any atom is 0.250 e. The van der Waals surface area contributed by atoms with Gasteiger partial charge in [-0.1, -0.05) is 12.8 Å². The largest absolute Gasteiger partial charge is 0.325 e. The number of nitrogens with two attached hydrogens (primary N) is 1. The van der Waals surface area contributed by atoms with E-state index in [1.54, 1.807) is 30.9 Å². The number of aromatic nitrogens is 4. The van der Waals surface area contributed by atoms with E-state index in [2.05, 4.69) is 20.4 Å². The molecular formula is C15H21ClN6O. The molecule has 0 saturated heterocycles. The van der Waals surface area contributed by atoms with E-state index >= 15 is 0 Å². The van der Waals surface area contributed by atoms with Crippen molar-refractivity contribution in [2.75, 3.05) is 5.32 Å². The molecule has 0 aromatic carbocycles. The highest BCUT2D eigenvalue weighted by atomic mass is 35.5. The quantitative estimate of drug-likeness (QED) is 0.892. The van der Waals surface area contributed by atoms with Crippen molar-refractivity contribution in [2.45, 2.75) is 38.1 Å². The van der Waals surface area contributed by atoms with Gasteiger partial charge in [0.05, 0.1) is 24.0 Å². The van der Waals surface area contributed by atoms with Crippen molar-refractivity contribution in [1.29, 1.82) is 0 Å². The van der Waals surface area contributed by atoms with Gasteiger partial charge in [-0.2, -0.15) is 5.10 Å². The summed E-state index contributed by atoms with van der Waals surface area (Å²) in [5.74, 6) is 0.250. The Morgan fingerprint density at radius 2 is 2.13 bits per heavy atom. The Hall–Kier alpha value is -1.99. The van der Waals surface area contributed by atoms with E-state index in [4.69, 9.17) is 5.73 Å².